The van der Waals surface area contributed by atoms with Crippen molar-refractivity contribution in [1.82, 2.24) is 25.3 Å². The molecule has 1 N–H and O–H groups in total. The molecular formula is C23H21N5O4. The smallest absolute Gasteiger partial charge is 0.415 e. The first-order valence-corrected chi connectivity index (χ1v) is 10.5. The number of likely N-dealkylation sites (tertiary alicyclic amines) is 1. The second kappa shape index (κ2) is 8.62. The molecule has 0 radical (unpaired) electrons. The normalized spacial score (nSPS) is 14.6. The van der Waals surface area contributed by atoms with Crippen LogP contribution in [-0.2, 0) is 11.2 Å². The van der Waals surface area contributed by atoms with E-state index in [9.17, 15) is 9.59 Å². The molecule has 0 atom stereocenters. The number of carbonyl (C=O) groups excluding carboxylic acids is 1. The molecular weight excluding hydrogens is 410 g/mol. The summed E-state index contributed by atoms with van der Waals surface area (Å²) in [5, 5.41) is 15.8. The van der Waals surface area contributed by atoms with E-state index in [1.165, 1.54) is 0 Å². The first-order chi connectivity index (χ1) is 15.7. The maximum atomic E-state index is 12.8. The third kappa shape index (κ3) is 4.09. The molecule has 0 bridgehead atoms. The van der Waals surface area contributed by atoms with Crippen molar-refractivity contribution in [2.45, 2.75) is 25.4 Å². The number of aromatic amines is 1. The number of hydrogen-bond donors (Lipinski definition) is 1. The molecule has 0 aliphatic carbocycles. The molecule has 3 heterocycles. The number of hydrogen-bond acceptors (Lipinski definition) is 7. The van der Waals surface area contributed by atoms with Gasteiger partial charge in [0.2, 0.25) is 5.91 Å². The van der Waals surface area contributed by atoms with Crippen molar-refractivity contribution < 1.29 is 13.9 Å². The second-order valence-corrected chi connectivity index (χ2v) is 7.66. The van der Waals surface area contributed by atoms with Crippen LogP contribution in [-0.4, -0.2) is 50.4 Å². The van der Waals surface area contributed by atoms with E-state index in [0.717, 1.165) is 5.56 Å². The van der Waals surface area contributed by atoms with E-state index >= 15 is 0 Å². The molecule has 1 aliphatic rings. The van der Waals surface area contributed by atoms with Crippen molar-refractivity contribution in [3.63, 3.8) is 0 Å². The van der Waals surface area contributed by atoms with Crippen LogP contribution in [0.1, 0.15) is 18.5 Å². The third-order valence-electron chi connectivity index (χ3n) is 5.58. The molecule has 9 nitrogen and oxygen atoms in total. The van der Waals surface area contributed by atoms with Crippen LogP contribution in [0.5, 0.6) is 6.08 Å². The van der Waals surface area contributed by atoms with Crippen LogP contribution in [0.3, 0.4) is 0 Å². The van der Waals surface area contributed by atoms with E-state index in [2.05, 4.69) is 20.4 Å². The molecule has 1 amide bonds. The van der Waals surface area contributed by atoms with E-state index in [1.807, 2.05) is 42.5 Å². The van der Waals surface area contributed by atoms with E-state index in [0.29, 0.717) is 48.3 Å². The molecule has 1 fully saturated rings. The summed E-state index contributed by atoms with van der Waals surface area (Å²) in [6.07, 6.45) is 1.49. The number of fused-ring (bicyclic) bond motifs is 1. The van der Waals surface area contributed by atoms with Crippen molar-refractivity contribution in [3.05, 3.63) is 70.6 Å². The molecule has 9 heteroatoms. The first-order valence-electron chi connectivity index (χ1n) is 10.5. The van der Waals surface area contributed by atoms with Gasteiger partial charge in [0.1, 0.15) is 6.10 Å². The summed E-state index contributed by atoms with van der Waals surface area (Å²) in [6, 6.07) is 16.7. The highest BCUT2D eigenvalue weighted by Crippen LogP contribution is 2.23. The number of ether oxygens (including phenoxy) is 1. The first kappa shape index (κ1) is 19.9. The minimum absolute atomic E-state index is 0.0303. The summed E-state index contributed by atoms with van der Waals surface area (Å²) >= 11 is 0. The molecule has 0 unspecified atom stereocenters. The highest BCUT2D eigenvalue weighted by atomic mass is 16.6. The molecule has 2 aromatic heterocycles. The van der Waals surface area contributed by atoms with Gasteiger partial charge in [-0.3, -0.25) is 9.59 Å². The van der Waals surface area contributed by atoms with Gasteiger partial charge in [0.05, 0.1) is 17.5 Å². The predicted octanol–water partition coefficient (Wildman–Crippen LogP) is 2.59. The zero-order valence-corrected chi connectivity index (χ0v) is 17.2. The van der Waals surface area contributed by atoms with Crippen molar-refractivity contribution in [3.8, 4) is 17.5 Å². The predicted molar refractivity (Wildman–Crippen MR) is 116 cm³/mol. The second-order valence-electron chi connectivity index (χ2n) is 7.66. The van der Waals surface area contributed by atoms with E-state index in [-0.39, 0.29) is 30.1 Å². The van der Waals surface area contributed by atoms with Crippen LogP contribution in [0.2, 0.25) is 0 Å². The number of amides is 1. The zero-order chi connectivity index (χ0) is 21.9. The van der Waals surface area contributed by atoms with Crippen LogP contribution in [0.4, 0.5) is 0 Å². The fourth-order valence-electron chi connectivity index (χ4n) is 3.88. The Labute approximate surface area is 183 Å². The number of piperidine rings is 1. The van der Waals surface area contributed by atoms with E-state index < -0.39 is 0 Å². The van der Waals surface area contributed by atoms with Crippen LogP contribution in [0.15, 0.2) is 63.8 Å². The number of carbonyl (C=O) groups is 1. The molecule has 32 heavy (non-hydrogen) atoms. The molecule has 0 spiro atoms. The molecule has 5 rings (SSSR count). The summed E-state index contributed by atoms with van der Waals surface area (Å²) < 4.78 is 11.5. The van der Waals surface area contributed by atoms with Gasteiger partial charge in [-0.1, -0.05) is 41.5 Å². The molecule has 0 saturated carbocycles. The SMILES string of the molecule is O=C(Cc1n[nH]c(=O)c2ccccc12)N1CCC(Oc2nnc(-c3ccccc3)o2)CC1. The molecule has 2 aromatic carbocycles. The van der Waals surface area contributed by atoms with Gasteiger partial charge in [-0.15, -0.1) is 5.10 Å². The van der Waals surface area contributed by atoms with Crippen LogP contribution in [0, 0.1) is 0 Å². The van der Waals surface area contributed by atoms with Gasteiger partial charge in [0, 0.05) is 36.9 Å². The largest absolute Gasteiger partial charge is 0.446 e. The van der Waals surface area contributed by atoms with Gasteiger partial charge < -0.3 is 14.1 Å². The summed E-state index contributed by atoms with van der Waals surface area (Å²) in [5.74, 6) is 0.381. The van der Waals surface area contributed by atoms with Crippen molar-refractivity contribution in [2.24, 2.45) is 0 Å². The lowest BCUT2D eigenvalue weighted by molar-refractivity contribution is -0.132. The maximum Gasteiger partial charge on any atom is 0.415 e. The minimum Gasteiger partial charge on any atom is -0.446 e. The summed E-state index contributed by atoms with van der Waals surface area (Å²) in [4.78, 5) is 26.6. The Morgan fingerprint density at radius 2 is 1.75 bits per heavy atom. The van der Waals surface area contributed by atoms with Crippen LogP contribution < -0.4 is 10.3 Å². The van der Waals surface area contributed by atoms with Gasteiger partial charge in [-0.25, -0.2) is 5.10 Å². The Hall–Kier alpha value is -4.01. The van der Waals surface area contributed by atoms with Gasteiger partial charge in [0.15, 0.2) is 0 Å². The number of nitrogens with one attached hydrogen (secondary N) is 1. The van der Waals surface area contributed by atoms with Gasteiger partial charge >= 0.3 is 6.08 Å². The standard InChI is InChI=1S/C23H21N5O4/c29-20(14-19-17-8-4-5-9-18(17)21(30)25-24-19)28-12-10-16(11-13-28)31-23-27-26-22(32-23)15-6-2-1-3-7-15/h1-9,16H,10-14H2,(H,25,30). The van der Waals surface area contributed by atoms with Gasteiger partial charge in [0.25, 0.3) is 11.4 Å². The lowest BCUT2D eigenvalue weighted by Gasteiger charge is -2.31. The number of rotatable bonds is 5. The number of benzene rings is 2. The van der Waals surface area contributed by atoms with Gasteiger partial charge in [-0.2, -0.15) is 5.10 Å². The Morgan fingerprint density at radius 1 is 1.03 bits per heavy atom. The Bertz CT molecular complexity index is 1290. The molecule has 4 aromatic rings. The van der Waals surface area contributed by atoms with Crippen molar-refractivity contribution in [2.75, 3.05) is 13.1 Å². The summed E-state index contributed by atoms with van der Waals surface area (Å²) in [6.45, 7) is 1.12. The zero-order valence-electron chi connectivity index (χ0n) is 17.2. The molecule has 1 aliphatic heterocycles. The van der Waals surface area contributed by atoms with Crippen LogP contribution >= 0.6 is 0 Å². The maximum absolute atomic E-state index is 12.8. The number of nitrogens with zero attached hydrogens (tertiary/aromatic N) is 4. The average molecular weight is 431 g/mol. The van der Waals surface area contributed by atoms with Crippen LogP contribution in [0.25, 0.3) is 22.2 Å². The molecule has 1 saturated heterocycles. The Kier molecular flexibility index (Phi) is 5.37. The lowest BCUT2D eigenvalue weighted by atomic mass is 10.1. The lowest BCUT2D eigenvalue weighted by Crippen LogP contribution is -2.42. The fraction of sp³-hybridized carbons (Fsp3) is 0.261. The quantitative estimate of drug-likeness (QED) is 0.516. The average Bonchev–Trinajstić information content (AvgIpc) is 3.30. The number of H-pyrrole nitrogens is 1. The monoisotopic (exact) mass is 431 g/mol. The highest BCUT2D eigenvalue weighted by molar-refractivity contribution is 5.88. The fourth-order valence-corrected chi connectivity index (χ4v) is 3.88. The van der Waals surface area contributed by atoms with Gasteiger partial charge in [-0.05, 0) is 18.2 Å². The third-order valence-corrected chi connectivity index (χ3v) is 5.58. The minimum atomic E-state index is -0.258. The highest BCUT2D eigenvalue weighted by Gasteiger charge is 2.26. The van der Waals surface area contributed by atoms with E-state index in [1.54, 1.807) is 17.0 Å². The van der Waals surface area contributed by atoms with E-state index in [4.69, 9.17) is 9.15 Å². The summed E-state index contributed by atoms with van der Waals surface area (Å²) in [5.41, 5.74) is 1.15. The van der Waals surface area contributed by atoms with Crippen molar-refractivity contribution >= 4 is 16.7 Å². The number of aromatic nitrogens is 4. The molecule has 162 valence electrons. The Balaban J connectivity index is 1.18. The summed E-state index contributed by atoms with van der Waals surface area (Å²) in [7, 11) is 0. The Morgan fingerprint density at radius 3 is 2.53 bits per heavy atom. The van der Waals surface area contributed by atoms with Crippen molar-refractivity contribution in [1.29, 1.82) is 0 Å². The topological polar surface area (TPSA) is 114 Å².